The van der Waals surface area contributed by atoms with E-state index in [2.05, 4.69) is 5.32 Å². The lowest BCUT2D eigenvalue weighted by Gasteiger charge is -2.23. The zero-order valence-electron chi connectivity index (χ0n) is 6.66. The summed E-state index contributed by atoms with van der Waals surface area (Å²) in [5, 5.41) is 2.96. The average Bonchev–Trinajstić information content (AvgIpc) is 1.85. The minimum atomic E-state index is -3.98. The van der Waals surface area contributed by atoms with E-state index < -0.39 is 12.6 Å². The Labute approximate surface area is 76.1 Å². The largest absolute Gasteiger partial charge is 0.389 e. The zero-order valence-corrected chi connectivity index (χ0v) is 7.47. The molecule has 1 atom stereocenters. The van der Waals surface area contributed by atoms with E-state index in [9.17, 15) is 13.2 Å². The molecule has 1 heterocycles. The van der Waals surface area contributed by atoms with Crippen LogP contribution in [0.25, 0.3) is 0 Å². The van der Waals surface area contributed by atoms with E-state index in [1.165, 1.54) is 0 Å². The minimum absolute atomic E-state index is 0. The van der Waals surface area contributed by atoms with E-state index in [4.69, 9.17) is 0 Å². The van der Waals surface area contributed by atoms with Crippen molar-refractivity contribution in [3.8, 4) is 0 Å². The average molecular weight is 204 g/mol. The summed E-state index contributed by atoms with van der Waals surface area (Å²) in [6.45, 7) is 1.40. The van der Waals surface area contributed by atoms with Gasteiger partial charge in [0.05, 0.1) is 0 Å². The molecular formula is C7H13ClF3N. The van der Waals surface area contributed by atoms with Crippen LogP contribution in [0.3, 0.4) is 0 Å². The van der Waals surface area contributed by atoms with Crippen LogP contribution >= 0.6 is 12.4 Å². The molecule has 1 aliphatic heterocycles. The van der Waals surface area contributed by atoms with E-state index >= 15 is 0 Å². The topological polar surface area (TPSA) is 12.0 Å². The van der Waals surface area contributed by atoms with Crippen LogP contribution in [-0.4, -0.2) is 19.3 Å². The third-order valence-electron chi connectivity index (χ3n) is 1.92. The smallest absolute Gasteiger partial charge is 0.316 e. The molecule has 1 N–H and O–H groups in total. The predicted octanol–water partition coefficient (Wildman–Crippen LogP) is 2.36. The third kappa shape index (κ3) is 4.83. The molecule has 74 valence electrons. The summed E-state index contributed by atoms with van der Waals surface area (Å²) in [7, 11) is 0. The van der Waals surface area contributed by atoms with Crippen molar-refractivity contribution in [2.24, 2.45) is 5.92 Å². The number of halogens is 4. The Bertz CT molecular complexity index is 120. The van der Waals surface area contributed by atoms with E-state index in [0.717, 1.165) is 13.0 Å². The maximum Gasteiger partial charge on any atom is 0.389 e. The predicted molar refractivity (Wildman–Crippen MR) is 43.5 cm³/mol. The SMILES string of the molecule is Cl.FC(F)(F)CC1CCCNC1. The van der Waals surface area contributed by atoms with Gasteiger partial charge in [0.2, 0.25) is 0 Å². The molecule has 1 fully saturated rings. The molecule has 0 aromatic heterocycles. The van der Waals surface area contributed by atoms with Crippen LogP contribution < -0.4 is 5.32 Å². The summed E-state index contributed by atoms with van der Waals surface area (Å²) in [6.07, 6.45) is -3.02. The van der Waals surface area contributed by atoms with Crippen LogP contribution in [0.5, 0.6) is 0 Å². The fourth-order valence-electron chi connectivity index (χ4n) is 1.43. The molecule has 1 unspecified atom stereocenters. The number of nitrogens with one attached hydrogen (secondary N) is 1. The second-order valence-corrected chi connectivity index (χ2v) is 3.03. The molecule has 0 radical (unpaired) electrons. The molecule has 1 nitrogen and oxygen atoms in total. The highest BCUT2D eigenvalue weighted by Crippen LogP contribution is 2.27. The molecule has 0 amide bonds. The molecule has 1 aliphatic rings. The highest BCUT2D eigenvalue weighted by atomic mass is 35.5. The minimum Gasteiger partial charge on any atom is -0.316 e. The first-order valence-electron chi connectivity index (χ1n) is 3.85. The number of alkyl halides is 3. The lowest BCUT2D eigenvalue weighted by Crippen LogP contribution is -2.32. The van der Waals surface area contributed by atoms with Crippen LogP contribution in [0, 0.1) is 5.92 Å². The number of rotatable bonds is 1. The molecule has 0 aliphatic carbocycles. The first-order valence-corrected chi connectivity index (χ1v) is 3.85. The standard InChI is InChI=1S/C7H12F3N.ClH/c8-7(9,10)4-6-2-1-3-11-5-6;/h6,11H,1-5H2;1H. The van der Waals surface area contributed by atoms with Gasteiger partial charge in [-0.25, -0.2) is 0 Å². The number of hydrogen-bond donors (Lipinski definition) is 1. The molecule has 0 bridgehead atoms. The second kappa shape index (κ2) is 4.92. The van der Waals surface area contributed by atoms with Gasteiger partial charge >= 0.3 is 6.18 Å². The second-order valence-electron chi connectivity index (χ2n) is 3.03. The summed E-state index contributed by atoms with van der Waals surface area (Å²) in [6, 6.07) is 0. The molecule has 1 rings (SSSR count). The quantitative estimate of drug-likeness (QED) is 0.690. The maximum absolute atomic E-state index is 11.8. The van der Waals surface area contributed by atoms with Gasteiger partial charge in [-0.05, 0) is 31.8 Å². The lowest BCUT2D eigenvalue weighted by atomic mass is 9.96. The summed E-state index contributed by atoms with van der Waals surface area (Å²) in [5.74, 6) is -0.191. The van der Waals surface area contributed by atoms with Crippen LogP contribution in [0.15, 0.2) is 0 Å². The normalized spacial score (nSPS) is 24.8. The van der Waals surface area contributed by atoms with Crippen molar-refractivity contribution >= 4 is 12.4 Å². The van der Waals surface area contributed by atoms with Crippen molar-refractivity contribution in [3.05, 3.63) is 0 Å². The summed E-state index contributed by atoms with van der Waals surface area (Å²) in [4.78, 5) is 0. The molecule has 1 saturated heterocycles. The fourth-order valence-corrected chi connectivity index (χ4v) is 1.43. The van der Waals surface area contributed by atoms with Crippen molar-refractivity contribution < 1.29 is 13.2 Å². The Hall–Kier alpha value is 0.0400. The lowest BCUT2D eigenvalue weighted by molar-refractivity contribution is -0.145. The number of hydrogen-bond acceptors (Lipinski definition) is 1. The Kier molecular flexibility index (Phi) is 4.94. The Morgan fingerprint density at radius 2 is 2.00 bits per heavy atom. The fraction of sp³-hybridized carbons (Fsp3) is 1.00. The molecule has 5 heteroatoms. The van der Waals surface area contributed by atoms with Gasteiger partial charge < -0.3 is 5.32 Å². The first-order chi connectivity index (χ1) is 5.08. The molecule has 0 saturated carbocycles. The molecule has 0 spiro atoms. The van der Waals surface area contributed by atoms with Crippen LogP contribution in [0.2, 0.25) is 0 Å². The number of piperidine rings is 1. The Morgan fingerprint density at radius 3 is 2.42 bits per heavy atom. The van der Waals surface area contributed by atoms with Gasteiger partial charge in [-0.15, -0.1) is 12.4 Å². The van der Waals surface area contributed by atoms with Crippen molar-refractivity contribution in [1.29, 1.82) is 0 Å². The van der Waals surface area contributed by atoms with E-state index in [0.29, 0.717) is 13.0 Å². The van der Waals surface area contributed by atoms with E-state index in [1.54, 1.807) is 0 Å². The molecule has 12 heavy (non-hydrogen) atoms. The van der Waals surface area contributed by atoms with Gasteiger partial charge in [-0.2, -0.15) is 13.2 Å². The van der Waals surface area contributed by atoms with Gasteiger partial charge in [-0.3, -0.25) is 0 Å². The van der Waals surface area contributed by atoms with Gasteiger partial charge in [0, 0.05) is 6.42 Å². The summed E-state index contributed by atoms with van der Waals surface area (Å²) in [5.41, 5.74) is 0. The Morgan fingerprint density at radius 1 is 1.33 bits per heavy atom. The summed E-state index contributed by atoms with van der Waals surface area (Å²) >= 11 is 0. The highest BCUT2D eigenvalue weighted by molar-refractivity contribution is 5.85. The van der Waals surface area contributed by atoms with Crippen molar-refractivity contribution in [1.82, 2.24) is 5.32 Å². The Balaban J connectivity index is 0.00000121. The molecule has 0 aromatic rings. The van der Waals surface area contributed by atoms with Gasteiger partial charge in [-0.1, -0.05) is 0 Å². The zero-order chi connectivity index (χ0) is 8.32. The van der Waals surface area contributed by atoms with Gasteiger partial charge in [0.1, 0.15) is 0 Å². The van der Waals surface area contributed by atoms with Crippen LogP contribution in [0.4, 0.5) is 13.2 Å². The van der Waals surface area contributed by atoms with Crippen LogP contribution in [0.1, 0.15) is 19.3 Å². The monoisotopic (exact) mass is 203 g/mol. The van der Waals surface area contributed by atoms with E-state index in [-0.39, 0.29) is 18.3 Å². The van der Waals surface area contributed by atoms with Gasteiger partial charge in [0.25, 0.3) is 0 Å². The van der Waals surface area contributed by atoms with Crippen molar-refractivity contribution in [2.75, 3.05) is 13.1 Å². The van der Waals surface area contributed by atoms with E-state index in [1.807, 2.05) is 0 Å². The highest BCUT2D eigenvalue weighted by Gasteiger charge is 2.32. The third-order valence-corrected chi connectivity index (χ3v) is 1.92. The van der Waals surface area contributed by atoms with Crippen molar-refractivity contribution in [2.45, 2.75) is 25.4 Å². The maximum atomic E-state index is 11.8. The molecule has 0 aromatic carbocycles. The molecular weight excluding hydrogens is 191 g/mol. The summed E-state index contributed by atoms with van der Waals surface area (Å²) < 4.78 is 35.4. The first kappa shape index (κ1) is 12.0. The van der Waals surface area contributed by atoms with Crippen LogP contribution in [-0.2, 0) is 0 Å². The van der Waals surface area contributed by atoms with Gasteiger partial charge in [0.15, 0.2) is 0 Å². The van der Waals surface area contributed by atoms with Crippen molar-refractivity contribution in [3.63, 3.8) is 0 Å².